The summed E-state index contributed by atoms with van der Waals surface area (Å²) in [7, 11) is 0. The number of rotatable bonds is 3. The average molecular weight is 494 g/mol. The van der Waals surface area contributed by atoms with E-state index < -0.39 is 24.2 Å². The Hall–Kier alpha value is -5.08. The Morgan fingerprint density at radius 3 is 1.71 bits per heavy atom. The predicted molar refractivity (Wildman–Crippen MR) is 161 cm³/mol. The molecule has 0 atom stereocenters. The van der Waals surface area contributed by atoms with Crippen LogP contribution in [0.15, 0.2) is 145 Å². The summed E-state index contributed by atoms with van der Waals surface area (Å²) in [5.41, 5.74) is 5.51. The van der Waals surface area contributed by atoms with Crippen molar-refractivity contribution in [2.75, 3.05) is 0 Å². The van der Waals surface area contributed by atoms with Crippen molar-refractivity contribution >= 4 is 43.6 Å². The van der Waals surface area contributed by atoms with E-state index >= 15 is 0 Å². The Labute approximate surface area is 233 Å². The monoisotopic (exact) mass is 493 g/mol. The summed E-state index contributed by atoms with van der Waals surface area (Å²) in [5, 5.41) is 1.92. The molecule has 0 saturated heterocycles. The molecule has 2 heterocycles. The van der Waals surface area contributed by atoms with Crippen molar-refractivity contribution in [2.45, 2.75) is 0 Å². The van der Waals surface area contributed by atoms with E-state index in [1.54, 1.807) is 16.7 Å². The lowest BCUT2D eigenvalue weighted by atomic mass is 10.1. The normalized spacial score (nSPS) is 15.0. The Balaban J connectivity index is 1.42. The van der Waals surface area contributed by atoms with Gasteiger partial charge in [-0.3, -0.25) is 0 Å². The second-order valence-corrected chi connectivity index (χ2v) is 9.17. The summed E-state index contributed by atoms with van der Waals surface area (Å²) in [6, 6.07) is 26.4. The molecule has 178 valence electrons. The van der Waals surface area contributed by atoms with Crippen LogP contribution in [0.5, 0.6) is 0 Å². The smallest absolute Gasteiger partial charge is 0.0645 e. The fourth-order valence-electron chi connectivity index (χ4n) is 5.44. The van der Waals surface area contributed by atoms with Gasteiger partial charge in [-0.2, -0.15) is 0 Å². The largest absolute Gasteiger partial charge is 0.309 e. The molecule has 38 heavy (non-hydrogen) atoms. The van der Waals surface area contributed by atoms with E-state index in [4.69, 9.17) is 12.3 Å². The van der Waals surface area contributed by atoms with E-state index in [1.807, 2.05) is 78.9 Å². The fourth-order valence-corrected chi connectivity index (χ4v) is 5.44. The molecule has 0 radical (unpaired) electrons. The van der Waals surface area contributed by atoms with Gasteiger partial charge >= 0.3 is 0 Å². The topological polar surface area (TPSA) is 9.86 Å². The molecular formula is C36H24N2. The molecule has 0 N–H and O–H groups in total. The van der Waals surface area contributed by atoms with Crippen LogP contribution in [0.4, 0.5) is 0 Å². The van der Waals surface area contributed by atoms with Crippen LogP contribution in [-0.4, -0.2) is 9.13 Å². The van der Waals surface area contributed by atoms with Crippen molar-refractivity contribution in [1.82, 2.24) is 9.13 Å². The average Bonchev–Trinajstić information content (AvgIpc) is 3.62. The van der Waals surface area contributed by atoms with Crippen molar-refractivity contribution in [3.05, 3.63) is 145 Å². The third-order valence-corrected chi connectivity index (χ3v) is 7.12. The zero-order valence-electron chi connectivity index (χ0n) is 29.1. The maximum absolute atomic E-state index is 8.86. The highest BCUT2D eigenvalue weighted by atomic mass is 15.0. The van der Waals surface area contributed by atoms with Gasteiger partial charge in [0.25, 0.3) is 0 Å². The number of fused-ring (bicyclic) bond motifs is 6. The summed E-state index contributed by atoms with van der Waals surface area (Å²) in [6.45, 7) is 0. The van der Waals surface area contributed by atoms with Gasteiger partial charge in [-0.05, 0) is 59.6 Å². The first-order chi connectivity index (χ1) is 22.6. The highest BCUT2D eigenvalue weighted by Crippen LogP contribution is 2.37. The first-order valence-electron chi connectivity index (χ1n) is 16.8. The van der Waals surface area contributed by atoms with Gasteiger partial charge in [0.2, 0.25) is 0 Å². The first kappa shape index (κ1) is 14.0. The molecule has 2 heteroatoms. The van der Waals surface area contributed by atoms with Crippen LogP contribution in [0.25, 0.3) is 66.1 Å². The van der Waals surface area contributed by atoms with Crippen LogP contribution in [0.2, 0.25) is 0 Å². The highest BCUT2D eigenvalue weighted by Gasteiger charge is 2.16. The minimum Gasteiger partial charge on any atom is -0.309 e. The predicted octanol–water partition coefficient (Wildman–Crippen LogP) is 9.55. The van der Waals surface area contributed by atoms with E-state index in [9.17, 15) is 0 Å². The Morgan fingerprint density at radius 2 is 0.974 bits per heavy atom. The van der Waals surface area contributed by atoms with Crippen LogP contribution in [-0.2, 0) is 0 Å². The van der Waals surface area contributed by atoms with Crippen molar-refractivity contribution in [3.63, 3.8) is 0 Å². The molecule has 8 aromatic rings. The number of benzene rings is 6. The fraction of sp³-hybridized carbons (Fsp3) is 0. The van der Waals surface area contributed by atoms with Gasteiger partial charge in [-0.25, -0.2) is 0 Å². The van der Waals surface area contributed by atoms with Gasteiger partial charge in [-0.1, -0.05) is 96.9 Å². The van der Waals surface area contributed by atoms with E-state index in [2.05, 4.69) is 4.57 Å². The minimum absolute atomic E-state index is 0.0537. The molecule has 0 amide bonds. The lowest BCUT2D eigenvalue weighted by molar-refractivity contribution is 1.17. The zero-order valence-corrected chi connectivity index (χ0v) is 20.1. The molecule has 6 aromatic carbocycles. The van der Waals surface area contributed by atoms with Gasteiger partial charge in [0.05, 0.1) is 34.4 Å². The summed E-state index contributed by atoms with van der Waals surface area (Å²) in [5.74, 6) is 0. The summed E-state index contributed by atoms with van der Waals surface area (Å²) < 4.78 is 80.1. The molecule has 0 aliphatic rings. The summed E-state index contributed by atoms with van der Waals surface area (Å²) in [6.07, 6.45) is 0. The minimum atomic E-state index is -0.466. The quantitative estimate of drug-likeness (QED) is 0.232. The zero-order chi connectivity index (χ0) is 32.9. The van der Waals surface area contributed by atoms with Crippen LogP contribution < -0.4 is 0 Å². The maximum atomic E-state index is 8.86. The maximum Gasteiger partial charge on any atom is 0.0645 e. The summed E-state index contributed by atoms with van der Waals surface area (Å²) >= 11 is 0. The van der Waals surface area contributed by atoms with Crippen molar-refractivity contribution in [1.29, 1.82) is 0 Å². The molecule has 0 bridgehead atoms. The number of para-hydroxylation sites is 3. The van der Waals surface area contributed by atoms with Gasteiger partial charge in [0, 0.05) is 32.9 Å². The van der Waals surface area contributed by atoms with Crippen LogP contribution in [0.3, 0.4) is 0 Å². The number of hydrogen-bond donors (Lipinski definition) is 0. The third kappa shape index (κ3) is 3.07. The molecule has 0 saturated carbocycles. The Kier molecular flexibility index (Phi) is 3.03. The van der Waals surface area contributed by atoms with Crippen molar-refractivity contribution < 1.29 is 12.3 Å². The molecule has 2 nitrogen and oxygen atoms in total. The van der Waals surface area contributed by atoms with Crippen LogP contribution in [0, 0.1) is 0 Å². The SMILES string of the molecule is [2H]c1ccc(-c2ccc(-n3c4ccccc4c4cc(-n5c6c([2H])c([2H])c([2H])c([2H])c6c6c([2H])c([2H])c([2H])c([2H])c65)ccc43)cc2)cc1. The first-order valence-corrected chi connectivity index (χ1v) is 12.3. The van der Waals surface area contributed by atoms with Crippen molar-refractivity contribution in [2.24, 2.45) is 0 Å². The van der Waals surface area contributed by atoms with Gasteiger partial charge < -0.3 is 9.13 Å². The van der Waals surface area contributed by atoms with Gasteiger partial charge in [-0.15, -0.1) is 0 Å². The van der Waals surface area contributed by atoms with E-state index in [1.165, 1.54) is 0 Å². The standard InChI is InChI=1S/C36H24N2/c1-2-10-25(11-3-1)26-18-20-27(21-19-26)37-35-17-9-6-14-31(35)32-24-28(22-23-36(32)37)38-33-15-7-4-12-29(33)30-13-5-8-16-34(30)38/h1-24H/i1D,4D,5D,7D,8D,12D,13D,15D,16D. The van der Waals surface area contributed by atoms with Gasteiger partial charge in [0.1, 0.15) is 0 Å². The summed E-state index contributed by atoms with van der Waals surface area (Å²) in [4.78, 5) is 0. The molecule has 8 rings (SSSR count). The number of hydrogen-bond acceptors (Lipinski definition) is 0. The lowest BCUT2D eigenvalue weighted by Crippen LogP contribution is -1.95. The lowest BCUT2D eigenvalue weighted by Gasteiger charge is -2.11. The van der Waals surface area contributed by atoms with Crippen LogP contribution in [0.1, 0.15) is 12.3 Å². The molecule has 0 fully saturated rings. The van der Waals surface area contributed by atoms with Crippen LogP contribution >= 0.6 is 0 Å². The molecule has 2 aromatic heterocycles. The molecule has 0 spiro atoms. The number of aromatic nitrogens is 2. The number of nitrogens with zero attached hydrogens (tertiary/aromatic N) is 2. The molecule has 0 unspecified atom stereocenters. The molecular weight excluding hydrogens is 460 g/mol. The second kappa shape index (κ2) is 8.22. The van der Waals surface area contributed by atoms with E-state index in [0.29, 0.717) is 11.7 Å². The van der Waals surface area contributed by atoms with E-state index in [-0.39, 0.29) is 46.0 Å². The Bertz CT molecular complexity index is 2520. The van der Waals surface area contributed by atoms with E-state index in [0.717, 1.165) is 38.6 Å². The van der Waals surface area contributed by atoms with Crippen molar-refractivity contribution in [3.8, 4) is 22.5 Å². The molecule has 0 aliphatic carbocycles. The Morgan fingerprint density at radius 1 is 0.395 bits per heavy atom. The third-order valence-electron chi connectivity index (χ3n) is 7.12. The van der Waals surface area contributed by atoms with Gasteiger partial charge in [0.15, 0.2) is 0 Å². The second-order valence-electron chi connectivity index (χ2n) is 9.17. The highest BCUT2D eigenvalue weighted by molar-refractivity contribution is 6.12. The molecule has 0 aliphatic heterocycles.